The van der Waals surface area contributed by atoms with Crippen LogP contribution in [-0.4, -0.2) is 49.8 Å². The molecule has 0 radical (unpaired) electrons. The van der Waals surface area contributed by atoms with Gasteiger partial charge in [-0.2, -0.15) is 0 Å². The highest BCUT2D eigenvalue weighted by atomic mass is 35.5. The van der Waals surface area contributed by atoms with Crippen LogP contribution < -0.4 is 0 Å². The number of aromatic nitrogens is 2. The predicted molar refractivity (Wildman–Crippen MR) is 122 cm³/mol. The van der Waals surface area contributed by atoms with E-state index in [1.165, 1.54) is 0 Å². The Balaban J connectivity index is 1.76. The van der Waals surface area contributed by atoms with Crippen molar-refractivity contribution in [1.82, 2.24) is 9.55 Å². The lowest BCUT2D eigenvalue weighted by Crippen LogP contribution is -2.50. The third-order valence-corrected chi connectivity index (χ3v) is 6.66. The lowest BCUT2D eigenvalue weighted by molar-refractivity contribution is -0.208. The number of H-pyrrole nitrogens is 1. The molecule has 3 heterocycles. The van der Waals surface area contributed by atoms with Crippen molar-refractivity contribution < 1.29 is 20.1 Å². The number of hydrogen-bond acceptors (Lipinski definition) is 4. The minimum Gasteiger partial charge on any atom is -0.388 e. The van der Waals surface area contributed by atoms with Gasteiger partial charge in [0.1, 0.15) is 18.3 Å². The molecule has 8 heteroatoms. The quantitative estimate of drug-likeness (QED) is 0.301. The van der Waals surface area contributed by atoms with Gasteiger partial charge in [0.25, 0.3) is 0 Å². The van der Waals surface area contributed by atoms with Gasteiger partial charge >= 0.3 is 0 Å². The summed E-state index contributed by atoms with van der Waals surface area (Å²) in [5.74, 6) is 0. The highest BCUT2D eigenvalue weighted by molar-refractivity contribution is 6.33. The fraction of sp³-hybridized carbons (Fsp3) is 0.217. The SMILES string of the molecule is OC1COC(n2c3ccc(Cl)cc3c3ccc4c5cc(Cl)ccc5[nH]c4c32)C(O)C1O. The average Bonchev–Trinajstić information content (AvgIpc) is 3.27. The number of fused-ring (bicyclic) bond motifs is 7. The highest BCUT2D eigenvalue weighted by Gasteiger charge is 2.40. The van der Waals surface area contributed by atoms with Gasteiger partial charge in [0, 0.05) is 37.1 Å². The van der Waals surface area contributed by atoms with Gasteiger partial charge in [0.15, 0.2) is 6.23 Å². The molecular formula is C23H18Cl2N2O4. The Bertz CT molecular complexity index is 1490. The third kappa shape index (κ3) is 2.74. The highest BCUT2D eigenvalue weighted by Crippen LogP contribution is 2.41. The van der Waals surface area contributed by atoms with Gasteiger partial charge in [-0.3, -0.25) is 0 Å². The number of hydrogen-bond donors (Lipinski definition) is 4. The van der Waals surface area contributed by atoms with Crippen molar-refractivity contribution in [3.8, 4) is 0 Å². The number of benzene rings is 3. The number of nitrogens with zero attached hydrogens (tertiary/aromatic N) is 1. The molecule has 2 aromatic heterocycles. The summed E-state index contributed by atoms with van der Waals surface area (Å²) >= 11 is 12.5. The van der Waals surface area contributed by atoms with Crippen LogP contribution in [0.3, 0.4) is 0 Å². The van der Waals surface area contributed by atoms with Crippen LogP contribution in [0, 0.1) is 0 Å². The van der Waals surface area contributed by atoms with Crippen LogP contribution in [0.2, 0.25) is 10.0 Å². The van der Waals surface area contributed by atoms with Crippen molar-refractivity contribution in [3.05, 3.63) is 58.6 Å². The average molecular weight is 457 g/mol. The zero-order valence-electron chi connectivity index (χ0n) is 16.1. The monoisotopic (exact) mass is 456 g/mol. The van der Waals surface area contributed by atoms with Gasteiger partial charge in [-0.05, 0) is 36.4 Å². The maximum Gasteiger partial charge on any atom is 0.163 e. The summed E-state index contributed by atoms with van der Waals surface area (Å²) < 4.78 is 7.72. The summed E-state index contributed by atoms with van der Waals surface area (Å²) in [5.41, 5.74) is 3.41. The second-order valence-electron chi connectivity index (χ2n) is 8.00. The van der Waals surface area contributed by atoms with E-state index in [9.17, 15) is 15.3 Å². The van der Waals surface area contributed by atoms with Gasteiger partial charge in [-0.1, -0.05) is 35.3 Å². The van der Waals surface area contributed by atoms with E-state index in [-0.39, 0.29) is 6.61 Å². The Hall–Kier alpha value is -2.32. The topological polar surface area (TPSA) is 90.6 Å². The van der Waals surface area contributed by atoms with Crippen LogP contribution in [0.1, 0.15) is 6.23 Å². The predicted octanol–water partition coefficient (Wildman–Crippen LogP) is 4.35. The molecule has 3 aromatic carbocycles. The second-order valence-corrected chi connectivity index (χ2v) is 8.88. The van der Waals surface area contributed by atoms with Crippen LogP contribution >= 0.6 is 23.2 Å². The van der Waals surface area contributed by atoms with E-state index in [0.717, 1.165) is 43.6 Å². The molecule has 1 saturated heterocycles. The molecule has 0 saturated carbocycles. The summed E-state index contributed by atoms with van der Waals surface area (Å²) in [6.07, 6.45) is -4.67. The summed E-state index contributed by atoms with van der Waals surface area (Å²) in [6, 6.07) is 15.3. The Morgan fingerprint density at radius 3 is 2.35 bits per heavy atom. The Morgan fingerprint density at radius 1 is 0.839 bits per heavy atom. The zero-order chi connectivity index (χ0) is 21.4. The Morgan fingerprint density at radius 2 is 1.55 bits per heavy atom. The smallest absolute Gasteiger partial charge is 0.163 e. The van der Waals surface area contributed by atoms with E-state index in [1.807, 2.05) is 47.0 Å². The van der Waals surface area contributed by atoms with Crippen molar-refractivity contribution in [3.63, 3.8) is 0 Å². The number of aliphatic hydroxyl groups excluding tert-OH is 3. The van der Waals surface area contributed by atoms with Crippen molar-refractivity contribution in [2.75, 3.05) is 6.61 Å². The van der Waals surface area contributed by atoms with Crippen LogP contribution in [0.25, 0.3) is 43.6 Å². The fourth-order valence-electron chi connectivity index (χ4n) is 4.73. The van der Waals surface area contributed by atoms with E-state index < -0.39 is 24.5 Å². The number of rotatable bonds is 1. The van der Waals surface area contributed by atoms with Crippen molar-refractivity contribution in [2.45, 2.75) is 24.5 Å². The normalized spacial score (nSPS) is 24.7. The van der Waals surface area contributed by atoms with Gasteiger partial charge < -0.3 is 29.6 Å². The molecule has 1 aliphatic rings. The number of nitrogens with one attached hydrogen (secondary N) is 1. The molecule has 1 fully saturated rings. The van der Waals surface area contributed by atoms with Crippen LogP contribution in [0.15, 0.2) is 48.5 Å². The van der Waals surface area contributed by atoms with Crippen LogP contribution in [0.4, 0.5) is 0 Å². The Kier molecular flexibility index (Phi) is 4.27. The van der Waals surface area contributed by atoms with E-state index in [2.05, 4.69) is 4.98 Å². The standard InChI is InChI=1S/C23H18Cl2N2O4/c24-10-1-5-16-14(7-10)12-3-4-13-15-8-11(25)2-6-17(15)27(20(13)19(12)26-16)23-22(30)21(29)18(28)9-31-23/h1-8,18,21-23,26,28-30H,9H2. The molecule has 0 aliphatic carbocycles. The minimum atomic E-state index is -1.32. The van der Waals surface area contributed by atoms with Crippen LogP contribution in [-0.2, 0) is 4.74 Å². The molecule has 0 amide bonds. The van der Waals surface area contributed by atoms with E-state index in [1.54, 1.807) is 6.07 Å². The molecule has 31 heavy (non-hydrogen) atoms. The molecular weight excluding hydrogens is 439 g/mol. The lowest BCUT2D eigenvalue weighted by Gasteiger charge is -2.36. The van der Waals surface area contributed by atoms with Gasteiger partial charge in [0.2, 0.25) is 0 Å². The third-order valence-electron chi connectivity index (χ3n) is 6.19. The summed E-state index contributed by atoms with van der Waals surface area (Å²) in [4.78, 5) is 3.48. The largest absolute Gasteiger partial charge is 0.388 e. The van der Waals surface area contributed by atoms with Gasteiger partial charge in [-0.25, -0.2) is 0 Å². The first-order valence-corrected chi connectivity index (χ1v) is 10.7. The summed E-state index contributed by atoms with van der Waals surface area (Å²) in [7, 11) is 0. The zero-order valence-corrected chi connectivity index (χ0v) is 17.6. The second kappa shape index (κ2) is 6.84. The van der Waals surface area contributed by atoms with Crippen molar-refractivity contribution in [1.29, 1.82) is 0 Å². The number of ether oxygens (including phenoxy) is 1. The summed E-state index contributed by atoms with van der Waals surface area (Å²) in [6.45, 7) is -0.0874. The Labute approximate surface area is 186 Å². The number of aliphatic hydroxyl groups is 3. The molecule has 6 nitrogen and oxygen atoms in total. The maximum atomic E-state index is 10.8. The molecule has 1 aliphatic heterocycles. The van der Waals surface area contributed by atoms with Gasteiger partial charge in [-0.15, -0.1) is 0 Å². The molecule has 0 spiro atoms. The molecule has 6 rings (SSSR count). The molecule has 0 bridgehead atoms. The fourth-order valence-corrected chi connectivity index (χ4v) is 5.07. The van der Waals surface area contributed by atoms with Crippen LogP contribution in [0.5, 0.6) is 0 Å². The van der Waals surface area contributed by atoms with Crippen molar-refractivity contribution in [2.24, 2.45) is 0 Å². The molecule has 5 aromatic rings. The van der Waals surface area contributed by atoms with E-state index in [0.29, 0.717) is 10.0 Å². The molecule has 4 atom stereocenters. The van der Waals surface area contributed by atoms with Crippen molar-refractivity contribution >= 4 is 66.8 Å². The first-order valence-electron chi connectivity index (χ1n) is 9.93. The lowest BCUT2D eigenvalue weighted by atomic mass is 10.0. The van der Waals surface area contributed by atoms with E-state index in [4.69, 9.17) is 27.9 Å². The number of halogens is 2. The molecule has 158 valence electrons. The molecule has 4 unspecified atom stereocenters. The summed E-state index contributed by atoms with van der Waals surface area (Å²) in [5, 5.41) is 36.1. The minimum absolute atomic E-state index is 0.0874. The first kappa shape index (κ1) is 19.4. The maximum absolute atomic E-state index is 10.8. The van der Waals surface area contributed by atoms with E-state index >= 15 is 0 Å². The first-order chi connectivity index (χ1) is 14.9. The number of aromatic amines is 1. The molecule has 4 N–H and O–H groups in total. The van der Waals surface area contributed by atoms with Gasteiger partial charge in [0.05, 0.1) is 23.2 Å².